The molecule has 0 fully saturated rings. The molecule has 5 nitrogen and oxygen atoms in total. The Morgan fingerprint density at radius 1 is 0.773 bits per heavy atom. The van der Waals surface area contributed by atoms with Crippen LogP contribution in [0.1, 0.15) is 13.8 Å². The number of amides is 3. The number of nitrogens with one attached hydrogen (secondary N) is 3. The minimum absolute atomic E-state index is 0.0640. The molecule has 22 heavy (non-hydrogen) atoms. The van der Waals surface area contributed by atoms with E-state index in [1.54, 1.807) is 36.4 Å². The summed E-state index contributed by atoms with van der Waals surface area (Å²) in [7, 11) is 0. The van der Waals surface area contributed by atoms with Gasteiger partial charge in [0.05, 0.1) is 0 Å². The topological polar surface area (TPSA) is 70.2 Å². The Kier molecular flexibility index (Phi) is 5.14. The van der Waals surface area contributed by atoms with Crippen molar-refractivity contribution in [2.45, 2.75) is 13.8 Å². The van der Waals surface area contributed by atoms with E-state index in [1.165, 1.54) is 0 Å². The van der Waals surface area contributed by atoms with Crippen LogP contribution in [0.4, 0.5) is 21.9 Å². The maximum Gasteiger partial charge on any atom is 0.323 e. The molecule has 0 heterocycles. The van der Waals surface area contributed by atoms with E-state index in [0.717, 1.165) is 0 Å². The smallest absolute Gasteiger partial charge is 0.323 e. The molecule has 0 unspecified atom stereocenters. The molecule has 2 aromatic carbocycles. The number of carbonyl (C=O) groups excluding carboxylic acids is 2. The Balaban J connectivity index is 1.98. The highest BCUT2D eigenvalue weighted by atomic mass is 16.2. The van der Waals surface area contributed by atoms with E-state index in [1.807, 2.05) is 32.0 Å². The van der Waals surface area contributed by atoms with Crippen molar-refractivity contribution in [1.82, 2.24) is 0 Å². The molecule has 3 amide bonds. The third-order valence-electron chi connectivity index (χ3n) is 2.94. The van der Waals surface area contributed by atoms with Gasteiger partial charge in [-0.15, -0.1) is 0 Å². The average molecular weight is 297 g/mol. The predicted molar refractivity (Wildman–Crippen MR) is 89.0 cm³/mol. The van der Waals surface area contributed by atoms with Gasteiger partial charge in [-0.25, -0.2) is 4.79 Å². The van der Waals surface area contributed by atoms with Crippen molar-refractivity contribution in [3.63, 3.8) is 0 Å². The predicted octanol–water partition coefficient (Wildman–Crippen LogP) is 3.93. The second-order valence-electron chi connectivity index (χ2n) is 5.17. The van der Waals surface area contributed by atoms with Crippen molar-refractivity contribution < 1.29 is 9.59 Å². The fourth-order valence-corrected chi connectivity index (χ4v) is 1.78. The van der Waals surface area contributed by atoms with Gasteiger partial charge >= 0.3 is 6.03 Å². The Hall–Kier alpha value is -2.82. The lowest BCUT2D eigenvalue weighted by Gasteiger charge is -2.11. The van der Waals surface area contributed by atoms with Crippen LogP contribution in [0.3, 0.4) is 0 Å². The average Bonchev–Trinajstić information content (AvgIpc) is 2.48. The standard InChI is InChI=1S/C17H19N3O2/c1-12(2)16(21)18-14-9-6-10-15(11-14)20-17(22)19-13-7-4-3-5-8-13/h3-12H,1-2H3,(H,18,21)(H2,19,20,22). The molecule has 0 aliphatic heterocycles. The van der Waals surface area contributed by atoms with E-state index in [9.17, 15) is 9.59 Å². The van der Waals surface area contributed by atoms with Gasteiger partial charge in [0.2, 0.25) is 5.91 Å². The lowest BCUT2D eigenvalue weighted by molar-refractivity contribution is -0.118. The second kappa shape index (κ2) is 7.26. The molecule has 0 aliphatic rings. The molecular formula is C17H19N3O2. The van der Waals surface area contributed by atoms with Crippen LogP contribution in [-0.2, 0) is 4.79 Å². The minimum atomic E-state index is -0.335. The molecule has 0 radical (unpaired) electrons. The number of hydrogen-bond acceptors (Lipinski definition) is 2. The van der Waals surface area contributed by atoms with Crippen LogP contribution in [0, 0.1) is 5.92 Å². The van der Waals surface area contributed by atoms with Crippen molar-refractivity contribution in [1.29, 1.82) is 0 Å². The minimum Gasteiger partial charge on any atom is -0.326 e. The van der Waals surface area contributed by atoms with Gasteiger partial charge in [-0.3, -0.25) is 4.79 Å². The van der Waals surface area contributed by atoms with Gasteiger partial charge in [0.1, 0.15) is 0 Å². The summed E-state index contributed by atoms with van der Waals surface area (Å²) in [6, 6.07) is 15.9. The maximum absolute atomic E-state index is 11.9. The largest absolute Gasteiger partial charge is 0.326 e. The van der Waals surface area contributed by atoms with E-state index in [-0.39, 0.29) is 17.9 Å². The molecule has 0 bridgehead atoms. The van der Waals surface area contributed by atoms with Crippen molar-refractivity contribution >= 4 is 29.0 Å². The molecule has 0 spiro atoms. The highest BCUT2D eigenvalue weighted by Gasteiger charge is 2.08. The van der Waals surface area contributed by atoms with E-state index in [0.29, 0.717) is 17.1 Å². The first kappa shape index (κ1) is 15.6. The van der Waals surface area contributed by atoms with Crippen molar-refractivity contribution in [3.05, 3.63) is 54.6 Å². The number of hydrogen-bond donors (Lipinski definition) is 3. The zero-order valence-corrected chi connectivity index (χ0v) is 12.6. The Bertz CT molecular complexity index is 654. The van der Waals surface area contributed by atoms with Gasteiger partial charge in [0.25, 0.3) is 0 Å². The van der Waals surface area contributed by atoms with Gasteiger partial charge < -0.3 is 16.0 Å². The number of urea groups is 1. The van der Waals surface area contributed by atoms with Gasteiger partial charge in [-0.1, -0.05) is 38.1 Å². The molecule has 3 N–H and O–H groups in total. The van der Waals surface area contributed by atoms with E-state index < -0.39 is 0 Å². The Labute approximate surface area is 129 Å². The monoisotopic (exact) mass is 297 g/mol. The summed E-state index contributed by atoms with van der Waals surface area (Å²) in [4.78, 5) is 23.6. The zero-order valence-electron chi connectivity index (χ0n) is 12.6. The van der Waals surface area contributed by atoms with Crippen molar-refractivity contribution in [2.75, 3.05) is 16.0 Å². The zero-order chi connectivity index (χ0) is 15.9. The van der Waals surface area contributed by atoms with Crippen LogP contribution in [-0.4, -0.2) is 11.9 Å². The number of benzene rings is 2. The molecule has 5 heteroatoms. The molecule has 0 saturated heterocycles. The number of rotatable bonds is 4. The van der Waals surface area contributed by atoms with Crippen LogP contribution in [0.15, 0.2) is 54.6 Å². The summed E-state index contributed by atoms with van der Waals surface area (Å²) in [5.74, 6) is -0.163. The summed E-state index contributed by atoms with van der Waals surface area (Å²) in [6.45, 7) is 3.65. The van der Waals surface area contributed by atoms with Gasteiger partial charge in [0, 0.05) is 23.0 Å². The number of carbonyl (C=O) groups is 2. The van der Waals surface area contributed by atoms with Crippen molar-refractivity contribution in [3.8, 4) is 0 Å². The molecule has 0 aliphatic carbocycles. The van der Waals surface area contributed by atoms with Gasteiger partial charge in [-0.05, 0) is 30.3 Å². The summed E-state index contributed by atoms with van der Waals surface area (Å²) >= 11 is 0. The lowest BCUT2D eigenvalue weighted by Crippen LogP contribution is -2.20. The van der Waals surface area contributed by atoms with Crippen LogP contribution in [0.5, 0.6) is 0 Å². The van der Waals surface area contributed by atoms with E-state index >= 15 is 0 Å². The SMILES string of the molecule is CC(C)C(=O)Nc1cccc(NC(=O)Nc2ccccc2)c1. The third-order valence-corrected chi connectivity index (χ3v) is 2.94. The fraction of sp³-hybridized carbons (Fsp3) is 0.176. The third kappa shape index (κ3) is 4.63. The Morgan fingerprint density at radius 2 is 1.32 bits per heavy atom. The Morgan fingerprint density at radius 3 is 1.95 bits per heavy atom. The first-order valence-corrected chi connectivity index (χ1v) is 7.08. The first-order chi connectivity index (χ1) is 10.5. The molecule has 2 rings (SSSR count). The molecule has 0 aromatic heterocycles. The molecule has 0 atom stereocenters. The van der Waals surface area contributed by atoms with Gasteiger partial charge in [0.15, 0.2) is 0 Å². The highest BCUT2D eigenvalue weighted by molar-refractivity contribution is 6.00. The molecule has 114 valence electrons. The van der Waals surface area contributed by atoms with Crippen LogP contribution in [0.25, 0.3) is 0 Å². The van der Waals surface area contributed by atoms with Crippen LogP contribution >= 0.6 is 0 Å². The van der Waals surface area contributed by atoms with Gasteiger partial charge in [-0.2, -0.15) is 0 Å². The highest BCUT2D eigenvalue weighted by Crippen LogP contribution is 2.16. The summed E-state index contributed by atoms with van der Waals surface area (Å²) in [5.41, 5.74) is 1.97. The quantitative estimate of drug-likeness (QED) is 0.800. The van der Waals surface area contributed by atoms with Crippen molar-refractivity contribution in [2.24, 2.45) is 5.92 Å². The van der Waals surface area contributed by atoms with E-state index in [4.69, 9.17) is 0 Å². The van der Waals surface area contributed by atoms with Crippen LogP contribution < -0.4 is 16.0 Å². The molecule has 2 aromatic rings. The summed E-state index contributed by atoms with van der Waals surface area (Å²) in [6.07, 6.45) is 0. The molecular weight excluding hydrogens is 278 g/mol. The summed E-state index contributed by atoms with van der Waals surface area (Å²) < 4.78 is 0. The molecule has 0 saturated carbocycles. The first-order valence-electron chi connectivity index (χ1n) is 7.08. The normalized spacial score (nSPS) is 10.1. The lowest BCUT2D eigenvalue weighted by atomic mass is 10.2. The second-order valence-corrected chi connectivity index (χ2v) is 5.17. The number of para-hydroxylation sites is 1. The van der Waals surface area contributed by atoms with Crippen LogP contribution in [0.2, 0.25) is 0 Å². The van der Waals surface area contributed by atoms with E-state index in [2.05, 4.69) is 16.0 Å². The number of anilines is 3. The maximum atomic E-state index is 11.9. The fourth-order valence-electron chi connectivity index (χ4n) is 1.78. The summed E-state index contributed by atoms with van der Waals surface area (Å²) in [5, 5.41) is 8.26.